The number of carboxylic acid groups (broad SMARTS) is 1. The number of carbonyl (C=O) groups excluding carboxylic acids is 3. The fraction of sp³-hybridized carbons (Fsp3) is 0.556. The highest BCUT2D eigenvalue weighted by atomic mass is 16.7. The summed E-state index contributed by atoms with van der Waals surface area (Å²) in [5.74, 6) is 1.94. The summed E-state index contributed by atoms with van der Waals surface area (Å²) in [7, 11) is 0. The molecule has 6 N–H and O–H groups in total. The Hall–Kier alpha value is -2.04. The molecular formula is C9H16N4O6. The predicted molar refractivity (Wildman–Crippen MR) is 61.4 cm³/mol. The van der Waals surface area contributed by atoms with Crippen LogP contribution in [0, 0.1) is 0 Å². The lowest BCUT2D eigenvalue weighted by atomic mass is 10.3. The van der Waals surface area contributed by atoms with E-state index in [1.54, 1.807) is 0 Å². The molecule has 1 unspecified atom stereocenters. The number of carboxylic acids is 1. The van der Waals surface area contributed by atoms with Gasteiger partial charge in [-0.3, -0.25) is 14.5 Å². The molecule has 10 nitrogen and oxygen atoms in total. The van der Waals surface area contributed by atoms with Crippen molar-refractivity contribution in [2.75, 3.05) is 26.2 Å². The highest BCUT2D eigenvalue weighted by Crippen LogP contribution is 1.90. The van der Waals surface area contributed by atoms with Crippen LogP contribution in [-0.2, 0) is 24.0 Å². The zero-order chi connectivity index (χ0) is 14.8. The fourth-order valence-corrected chi connectivity index (χ4v) is 1.12. The van der Waals surface area contributed by atoms with Gasteiger partial charge in [-0.2, -0.15) is 5.90 Å². The van der Waals surface area contributed by atoms with Crippen molar-refractivity contribution in [3.63, 3.8) is 0 Å². The number of nitrogens with zero attached hydrogens (tertiary/aromatic N) is 1. The first-order valence-electron chi connectivity index (χ1n) is 5.20. The molecule has 0 heterocycles. The topological polar surface area (TPSA) is 165 Å². The first-order valence-corrected chi connectivity index (χ1v) is 5.20. The number of hydrogen-bond acceptors (Lipinski definition) is 8. The number of nitrogens with two attached hydrogens (primary N) is 2. The fourth-order valence-electron chi connectivity index (χ4n) is 1.12. The Morgan fingerprint density at radius 2 is 1.95 bits per heavy atom. The van der Waals surface area contributed by atoms with Crippen LogP contribution in [0.5, 0.6) is 0 Å². The van der Waals surface area contributed by atoms with Gasteiger partial charge in [0.05, 0.1) is 25.7 Å². The maximum absolute atomic E-state index is 11.4. The summed E-state index contributed by atoms with van der Waals surface area (Å²) < 4.78 is 0. The van der Waals surface area contributed by atoms with E-state index in [-0.39, 0.29) is 13.1 Å². The van der Waals surface area contributed by atoms with Crippen molar-refractivity contribution >= 4 is 24.1 Å². The van der Waals surface area contributed by atoms with Gasteiger partial charge in [0.25, 0.3) is 0 Å². The Morgan fingerprint density at radius 1 is 1.32 bits per heavy atom. The normalized spacial score (nSPS) is 11.7. The van der Waals surface area contributed by atoms with Crippen LogP contribution >= 0.6 is 0 Å². The van der Waals surface area contributed by atoms with E-state index in [0.29, 0.717) is 6.29 Å². The third-order valence-corrected chi connectivity index (χ3v) is 1.92. The SMILES string of the molecule is NOC(=O)CN(CC(=O)O)CC(=O)NCC(N)C=O. The van der Waals surface area contributed by atoms with Crippen molar-refractivity contribution in [2.24, 2.45) is 11.6 Å². The molecule has 0 rings (SSSR count). The third-order valence-electron chi connectivity index (χ3n) is 1.92. The summed E-state index contributed by atoms with van der Waals surface area (Å²) in [6, 6.07) is -0.842. The first-order chi connectivity index (χ1) is 8.88. The van der Waals surface area contributed by atoms with Gasteiger partial charge in [-0.15, -0.1) is 0 Å². The minimum Gasteiger partial charge on any atom is -0.480 e. The predicted octanol–water partition coefficient (Wildman–Crippen LogP) is -3.57. The molecule has 0 saturated carbocycles. The van der Waals surface area contributed by atoms with Gasteiger partial charge in [-0.25, -0.2) is 4.79 Å². The molecule has 0 bridgehead atoms. The highest BCUT2D eigenvalue weighted by molar-refractivity contribution is 5.81. The molecular weight excluding hydrogens is 260 g/mol. The second-order valence-electron chi connectivity index (χ2n) is 3.63. The molecule has 0 saturated heterocycles. The molecule has 0 aliphatic heterocycles. The van der Waals surface area contributed by atoms with Crippen LogP contribution in [0.3, 0.4) is 0 Å². The second kappa shape index (κ2) is 8.97. The summed E-state index contributed by atoms with van der Waals surface area (Å²) in [5.41, 5.74) is 5.25. The van der Waals surface area contributed by atoms with Gasteiger partial charge in [-0.05, 0) is 0 Å². The summed E-state index contributed by atoms with van der Waals surface area (Å²) in [5, 5.41) is 10.9. The number of aldehydes is 1. The Morgan fingerprint density at radius 3 is 2.42 bits per heavy atom. The molecule has 10 heteroatoms. The molecule has 1 atom stereocenters. The van der Waals surface area contributed by atoms with Gasteiger partial charge in [0.2, 0.25) is 5.91 Å². The lowest BCUT2D eigenvalue weighted by Crippen LogP contribution is -2.45. The molecule has 0 aliphatic carbocycles. The molecule has 0 aromatic rings. The van der Waals surface area contributed by atoms with Gasteiger partial charge < -0.3 is 25.8 Å². The van der Waals surface area contributed by atoms with Crippen LogP contribution in [0.4, 0.5) is 0 Å². The van der Waals surface area contributed by atoms with Crippen molar-refractivity contribution in [3.05, 3.63) is 0 Å². The maximum Gasteiger partial charge on any atom is 0.338 e. The van der Waals surface area contributed by atoms with Gasteiger partial charge in [-0.1, -0.05) is 0 Å². The van der Waals surface area contributed by atoms with E-state index in [1.165, 1.54) is 0 Å². The number of rotatable bonds is 9. The minimum absolute atomic E-state index is 0.0788. The van der Waals surface area contributed by atoms with Crippen LogP contribution < -0.4 is 16.9 Å². The van der Waals surface area contributed by atoms with E-state index in [1.807, 2.05) is 0 Å². The van der Waals surface area contributed by atoms with Gasteiger partial charge in [0.15, 0.2) is 0 Å². The molecule has 0 aliphatic rings. The smallest absolute Gasteiger partial charge is 0.338 e. The van der Waals surface area contributed by atoms with Gasteiger partial charge in [0.1, 0.15) is 6.29 Å². The molecule has 0 spiro atoms. The Kier molecular flexibility index (Phi) is 8.00. The number of carbonyl (C=O) groups is 4. The van der Waals surface area contributed by atoms with Crippen LogP contribution in [0.25, 0.3) is 0 Å². The Balaban J connectivity index is 4.29. The van der Waals surface area contributed by atoms with Crippen molar-refractivity contribution in [1.29, 1.82) is 0 Å². The zero-order valence-electron chi connectivity index (χ0n) is 10.1. The lowest BCUT2D eigenvalue weighted by molar-refractivity contribution is -0.147. The summed E-state index contributed by atoms with van der Waals surface area (Å²) in [6.07, 6.45) is 0.459. The van der Waals surface area contributed by atoms with Gasteiger partial charge >= 0.3 is 11.9 Å². The average molecular weight is 276 g/mol. The Labute approximate surface area is 108 Å². The van der Waals surface area contributed by atoms with E-state index >= 15 is 0 Å². The molecule has 1 amide bonds. The third kappa shape index (κ3) is 8.65. The van der Waals surface area contributed by atoms with Crippen LogP contribution in [0.15, 0.2) is 0 Å². The van der Waals surface area contributed by atoms with Crippen molar-refractivity contribution in [2.45, 2.75) is 6.04 Å². The van der Waals surface area contributed by atoms with E-state index in [9.17, 15) is 19.2 Å². The second-order valence-corrected chi connectivity index (χ2v) is 3.63. The summed E-state index contributed by atoms with van der Waals surface area (Å²) >= 11 is 0. The molecule has 108 valence electrons. The number of aliphatic carboxylic acids is 1. The van der Waals surface area contributed by atoms with E-state index < -0.39 is 37.0 Å². The molecule has 0 aromatic carbocycles. The van der Waals surface area contributed by atoms with Crippen LogP contribution in [-0.4, -0.2) is 66.4 Å². The van der Waals surface area contributed by atoms with Crippen molar-refractivity contribution < 1.29 is 29.1 Å². The highest BCUT2D eigenvalue weighted by Gasteiger charge is 2.18. The van der Waals surface area contributed by atoms with E-state index in [4.69, 9.17) is 10.8 Å². The largest absolute Gasteiger partial charge is 0.480 e. The number of nitrogens with one attached hydrogen (secondary N) is 1. The molecule has 0 radical (unpaired) electrons. The molecule has 0 fully saturated rings. The van der Waals surface area contributed by atoms with Gasteiger partial charge in [0, 0.05) is 6.54 Å². The van der Waals surface area contributed by atoms with E-state index in [2.05, 4.69) is 16.1 Å². The number of amides is 1. The van der Waals surface area contributed by atoms with Crippen LogP contribution in [0.2, 0.25) is 0 Å². The lowest BCUT2D eigenvalue weighted by Gasteiger charge is -2.18. The van der Waals surface area contributed by atoms with Crippen LogP contribution in [0.1, 0.15) is 0 Å². The van der Waals surface area contributed by atoms with Crippen molar-refractivity contribution in [1.82, 2.24) is 10.2 Å². The quantitative estimate of drug-likeness (QED) is 0.246. The minimum atomic E-state index is -1.22. The maximum atomic E-state index is 11.4. The van der Waals surface area contributed by atoms with Crippen molar-refractivity contribution in [3.8, 4) is 0 Å². The number of hydrogen-bond donors (Lipinski definition) is 4. The van der Waals surface area contributed by atoms with E-state index in [0.717, 1.165) is 4.90 Å². The molecule has 19 heavy (non-hydrogen) atoms. The standard InChI is InChI=1S/C9H16N4O6/c10-6(5-14)1-12-7(15)2-13(3-8(16)17)4-9(18)19-11/h5-6H,1-4,10-11H2,(H,12,15)(H,16,17). The zero-order valence-corrected chi connectivity index (χ0v) is 10.1. The summed E-state index contributed by atoms with van der Waals surface area (Å²) in [4.78, 5) is 48.0. The molecule has 0 aromatic heterocycles. The summed E-state index contributed by atoms with van der Waals surface area (Å²) in [6.45, 7) is -1.43. The Bertz CT molecular complexity index is 348. The monoisotopic (exact) mass is 276 g/mol. The average Bonchev–Trinajstić information content (AvgIpc) is 2.34. The first kappa shape index (κ1) is 17.0.